The molecule has 0 unspecified atom stereocenters. The van der Waals surface area contributed by atoms with Crippen LogP contribution in [0, 0.1) is 0 Å². The summed E-state index contributed by atoms with van der Waals surface area (Å²) in [4.78, 5) is 13.7. The Hall–Kier alpha value is -1.29. The average Bonchev–Trinajstić information content (AvgIpc) is 1.94. The van der Waals surface area contributed by atoms with Crippen molar-refractivity contribution in [1.82, 2.24) is 4.98 Å². The lowest BCUT2D eigenvalue weighted by Gasteiger charge is -1.95. The zero-order valence-corrected chi connectivity index (χ0v) is 6.04. The van der Waals surface area contributed by atoms with Crippen LogP contribution in [0.1, 0.15) is 10.5 Å². The fraction of sp³-hybridized carbons (Fsp3) is 0. The highest BCUT2D eigenvalue weighted by atomic mass is 35.5. The van der Waals surface area contributed by atoms with E-state index in [1.165, 1.54) is 0 Å². The monoisotopic (exact) mass is 173 g/mol. The fourth-order valence-electron chi connectivity index (χ4n) is 0.541. The minimum Gasteiger partial charge on any atom is -0.505 e. The number of carboxylic acids is 1. The highest BCUT2D eigenvalue weighted by Gasteiger charge is 2.06. The third-order valence-electron chi connectivity index (χ3n) is 1.05. The van der Waals surface area contributed by atoms with Crippen LogP contribution < -0.4 is 0 Å². The molecular formula is C6H4ClNO3. The summed E-state index contributed by atoms with van der Waals surface area (Å²) in [5.74, 6) is -1.40. The van der Waals surface area contributed by atoms with Gasteiger partial charge in [0.05, 0.1) is 11.2 Å². The van der Waals surface area contributed by atoms with Crippen LogP contribution in [0.2, 0.25) is 5.02 Å². The SMILES string of the molecule is O=C(O)c1cc(Cl)c(O)cn1. The van der Waals surface area contributed by atoms with Gasteiger partial charge in [0.15, 0.2) is 5.75 Å². The van der Waals surface area contributed by atoms with E-state index in [1.807, 2.05) is 0 Å². The first-order valence-corrected chi connectivity index (χ1v) is 3.07. The maximum atomic E-state index is 10.3. The Bertz CT molecular complexity index is 300. The Morgan fingerprint density at radius 3 is 2.73 bits per heavy atom. The van der Waals surface area contributed by atoms with Crippen molar-refractivity contribution in [2.45, 2.75) is 0 Å². The second-order valence-corrected chi connectivity index (χ2v) is 2.23. The standard InChI is InChI=1S/C6H4ClNO3/c7-3-1-4(6(10)11)8-2-5(3)9/h1-2,9H,(H,10,11). The van der Waals surface area contributed by atoms with Crippen molar-refractivity contribution in [3.63, 3.8) is 0 Å². The van der Waals surface area contributed by atoms with E-state index < -0.39 is 5.97 Å². The van der Waals surface area contributed by atoms with Crippen molar-refractivity contribution in [2.24, 2.45) is 0 Å². The second-order valence-electron chi connectivity index (χ2n) is 1.83. The van der Waals surface area contributed by atoms with Gasteiger partial charge in [0, 0.05) is 0 Å². The predicted octanol–water partition coefficient (Wildman–Crippen LogP) is 1.14. The molecule has 1 heterocycles. The van der Waals surface area contributed by atoms with Gasteiger partial charge < -0.3 is 10.2 Å². The van der Waals surface area contributed by atoms with Crippen LogP contribution in [0.3, 0.4) is 0 Å². The van der Waals surface area contributed by atoms with E-state index in [2.05, 4.69) is 4.98 Å². The number of nitrogens with zero attached hydrogens (tertiary/aromatic N) is 1. The van der Waals surface area contributed by atoms with Gasteiger partial charge in [-0.25, -0.2) is 9.78 Å². The van der Waals surface area contributed by atoms with E-state index in [4.69, 9.17) is 21.8 Å². The van der Waals surface area contributed by atoms with Crippen LogP contribution in [-0.2, 0) is 0 Å². The Kier molecular flexibility index (Phi) is 1.96. The van der Waals surface area contributed by atoms with E-state index in [9.17, 15) is 4.79 Å². The molecule has 0 aliphatic carbocycles. The lowest BCUT2D eigenvalue weighted by molar-refractivity contribution is 0.0690. The molecule has 4 nitrogen and oxygen atoms in total. The quantitative estimate of drug-likeness (QED) is 0.668. The number of carbonyl (C=O) groups is 1. The largest absolute Gasteiger partial charge is 0.505 e. The van der Waals surface area contributed by atoms with Crippen molar-refractivity contribution in [3.8, 4) is 5.75 Å². The minimum atomic E-state index is -1.17. The molecule has 0 atom stereocenters. The van der Waals surface area contributed by atoms with Crippen LogP contribution >= 0.6 is 11.6 Å². The summed E-state index contributed by atoms with van der Waals surface area (Å²) >= 11 is 5.40. The molecule has 0 aliphatic rings. The van der Waals surface area contributed by atoms with E-state index in [1.54, 1.807) is 0 Å². The molecule has 1 aromatic heterocycles. The minimum absolute atomic E-state index is 0.0163. The molecule has 0 amide bonds. The summed E-state index contributed by atoms with van der Waals surface area (Å²) < 4.78 is 0. The number of hydrogen-bond donors (Lipinski definition) is 2. The number of hydrogen-bond acceptors (Lipinski definition) is 3. The summed E-state index contributed by atoms with van der Waals surface area (Å²) in [6.07, 6.45) is 0.992. The molecule has 11 heavy (non-hydrogen) atoms. The Labute approximate surface area is 67.1 Å². The molecule has 2 N–H and O–H groups in total. The van der Waals surface area contributed by atoms with Gasteiger partial charge in [-0.2, -0.15) is 0 Å². The number of pyridine rings is 1. The zero-order chi connectivity index (χ0) is 8.43. The van der Waals surface area contributed by atoms with E-state index >= 15 is 0 Å². The molecule has 1 aromatic rings. The highest BCUT2D eigenvalue weighted by Crippen LogP contribution is 2.21. The van der Waals surface area contributed by atoms with Gasteiger partial charge >= 0.3 is 5.97 Å². The smallest absolute Gasteiger partial charge is 0.354 e. The van der Waals surface area contributed by atoms with Gasteiger partial charge in [0.1, 0.15) is 5.69 Å². The molecule has 0 fully saturated rings. The van der Waals surface area contributed by atoms with Gasteiger partial charge in [0.25, 0.3) is 0 Å². The molecule has 0 saturated heterocycles. The number of carboxylic acid groups (broad SMARTS) is 1. The number of halogens is 1. The fourth-order valence-corrected chi connectivity index (χ4v) is 0.693. The van der Waals surface area contributed by atoms with E-state index in [0.29, 0.717) is 0 Å². The van der Waals surface area contributed by atoms with Crippen LogP contribution in [-0.4, -0.2) is 21.2 Å². The van der Waals surface area contributed by atoms with Crippen LogP contribution in [0.15, 0.2) is 12.3 Å². The number of aromatic hydroxyl groups is 1. The van der Waals surface area contributed by atoms with Gasteiger partial charge in [-0.15, -0.1) is 0 Å². The normalized spacial score (nSPS) is 9.55. The number of rotatable bonds is 1. The van der Waals surface area contributed by atoms with E-state index in [0.717, 1.165) is 12.3 Å². The first-order chi connectivity index (χ1) is 5.11. The molecule has 58 valence electrons. The zero-order valence-electron chi connectivity index (χ0n) is 5.28. The molecular weight excluding hydrogens is 170 g/mol. The summed E-state index contributed by atoms with van der Waals surface area (Å²) in [6.45, 7) is 0. The first kappa shape index (κ1) is 7.81. The number of aromatic nitrogens is 1. The van der Waals surface area contributed by atoms with Crippen molar-refractivity contribution in [2.75, 3.05) is 0 Å². The van der Waals surface area contributed by atoms with Crippen molar-refractivity contribution in [1.29, 1.82) is 0 Å². The maximum absolute atomic E-state index is 10.3. The van der Waals surface area contributed by atoms with Crippen molar-refractivity contribution < 1.29 is 15.0 Å². The van der Waals surface area contributed by atoms with E-state index in [-0.39, 0.29) is 16.5 Å². The molecule has 0 radical (unpaired) electrons. The molecule has 1 rings (SSSR count). The van der Waals surface area contributed by atoms with Crippen LogP contribution in [0.5, 0.6) is 5.75 Å². The van der Waals surface area contributed by atoms with Crippen LogP contribution in [0.25, 0.3) is 0 Å². The van der Waals surface area contributed by atoms with Gasteiger partial charge in [-0.1, -0.05) is 11.6 Å². The Morgan fingerprint density at radius 1 is 1.64 bits per heavy atom. The summed E-state index contributed by atoms with van der Waals surface area (Å²) in [5, 5.41) is 17.2. The lowest BCUT2D eigenvalue weighted by Crippen LogP contribution is -1.98. The molecule has 0 spiro atoms. The second kappa shape index (κ2) is 2.75. The Morgan fingerprint density at radius 2 is 2.27 bits per heavy atom. The molecule has 0 saturated carbocycles. The predicted molar refractivity (Wildman–Crippen MR) is 37.9 cm³/mol. The van der Waals surface area contributed by atoms with Crippen molar-refractivity contribution in [3.05, 3.63) is 23.0 Å². The summed E-state index contributed by atoms with van der Waals surface area (Å²) in [7, 11) is 0. The third-order valence-corrected chi connectivity index (χ3v) is 1.36. The Balaban J connectivity index is 3.15. The molecule has 0 aromatic carbocycles. The van der Waals surface area contributed by atoms with Gasteiger partial charge in [-0.05, 0) is 6.07 Å². The average molecular weight is 174 g/mol. The van der Waals surface area contributed by atoms with Crippen molar-refractivity contribution >= 4 is 17.6 Å². The summed E-state index contributed by atoms with van der Waals surface area (Å²) in [5.41, 5.74) is -0.187. The molecule has 0 bridgehead atoms. The lowest BCUT2D eigenvalue weighted by atomic mass is 10.3. The third kappa shape index (κ3) is 1.59. The highest BCUT2D eigenvalue weighted by molar-refractivity contribution is 6.32. The molecule has 0 aliphatic heterocycles. The van der Waals surface area contributed by atoms with Gasteiger partial charge in [-0.3, -0.25) is 0 Å². The topological polar surface area (TPSA) is 70.4 Å². The first-order valence-electron chi connectivity index (χ1n) is 2.69. The summed E-state index contributed by atoms with van der Waals surface area (Å²) in [6, 6.07) is 1.08. The molecule has 5 heteroatoms. The van der Waals surface area contributed by atoms with Crippen LogP contribution in [0.4, 0.5) is 0 Å². The van der Waals surface area contributed by atoms with Gasteiger partial charge in [0.2, 0.25) is 0 Å². The number of aromatic carboxylic acids is 1. The maximum Gasteiger partial charge on any atom is 0.354 e.